The van der Waals surface area contributed by atoms with Crippen LogP contribution in [0.15, 0.2) is 24.5 Å². The van der Waals surface area contributed by atoms with Gasteiger partial charge in [-0.3, -0.25) is 10.00 Å². The lowest BCUT2D eigenvalue weighted by Gasteiger charge is -2.17. The van der Waals surface area contributed by atoms with E-state index in [4.69, 9.17) is 5.73 Å². The minimum absolute atomic E-state index is 0.241. The van der Waals surface area contributed by atoms with Crippen molar-refractivity contribution in [2.75, 3.05) is 11.1 Å². The maximum Gasteiger partial charge on any atom is 0.323 e. The second kappa shape index (κ2) is 7.15. The SMILES string of the molecule is Cc1ncc(-c2ccc(N)c(NC(=O)N3Cc4cn(CC(F)F)nc4C3)n2)s1. The topological polar surface area (TPSA) is 102 Å². The summed E-state index contributed by atoms with van der Waals surface area (Å²) < 4.78 is 26.1. The van der Waals surface area contributed by atoms with Crippen molar-refractivity contribution in [2.45, 2.75) is 33.0 Å². The molecule has 0 aromatic carbocycles. The number of nitrogens with zero attached hydrogens (tertiary/aromatic N) is 5. The fourth-order valence-electron chi connectivity index (χ4n) is 2.96. The van der Waals surface area contributed by atoms with Crippen molar-refractivity contribution in [3.05, 3.63) is 40.8 Å². The van der Waals surface area contributed by atoms with E-state index in [1.54, 1.807) is 24.5 Å². The number of anilines is 2. The van der Waals surface area contributed by atoms with Gasteiger partial charge in [-0.2, -0.15) is 5.10 Å². The monoisotopic (exact) mass is 405 g/mol. The first-order valence-electron chi connectivity index (χ1n) is 8.47. The van der Waals surface area contributed by atoms with Gasteiger partial charge in [0, 0.05) is 18.0 Å². The van der Waals surface area contributed by atoms with Crippen LogP contribution in [0.2, 0.25) is 0 Å². The highest BCUT2D eigenvalue weighted by Gasteiger charge is 2.27. The standard InChI is InChI=1S/C17H17F2N7OS/c1-9-21-4-14(28-9)12-3-2-11(20)16(22-12)23-17(27)25-5-10-6-26(8-15(18)19)24-13(10)7-25/h2-4,6,15H,5,7-8,20H2,1H3,(H,22,23,27). The van der Waals surface area contributed by atoms with Gasteiger partial charge in [-0.1, -0.05) is 0 Å². The maximum absolute atomic E-state index is 12.6. The van der Waals surface area contributed by atoms with E-state index in [1.807, 2.05) is 6.92 Å². The zero-order valence-electron chi connectivity index (χ0n) is 14.9. The molecule has 0 fully saturated rings. The highest BCUT2D eigenvalue weighted by Crippen LogP contribution is 2.28. The summed E-state index contributed by atoms with van der Waals surface area (Å²) in [5.41, 5.74) is 8.34. The van der Waals surface area contributed by atoms with Gasteiger partial charge in [0.1, 0.15) is 6.54 Å². The van der Waals surface area contributed by atoms with E-state index in [-0.39, 0.29) is 24.9 Å². The number of nitrogen functional groups attached to an aromatic ring is 1. The maximum atomic E-state index is 12.6. The van der Waals surface area contributed by atoms with Gasteiger partial charge in [0.05, 0.1) is 40.0 Å². The summed E-state index contributed by atoms with van der Waals surface area (Å²) in [4.78, 5) is 23.6. The van der Waals surface area contributed by atoms with E-state index < -0.39 is 13.0 Å². The molecule has 3 aromatic rings. The average molecular weight is 405 g/mol. The molecular formula is C17H17F2N7OS. The van der Waals surface area contributed by atoms with E-state index in [1.165, 1.54) is 20.9 Å². The van der Waals surface area contributed by atoms with Crippen LogP contribution in [0, 0.1) is 6.92 Å². The van der Waals surface area contributed by atoms with Crippen molar-refractivity contribution in [1.29, 1.82) is 0 Å². The lowest BCUT2D eigenvalue weighted by molar-refractivity contribution is 0.121. The first kappa shape index (κ1) is 18.3. The smallest absolute Gasteiger partial charge is 0.323 e. The molecule has 8 nitrogen and oxygen atoms in total. The van der Waals surface area contributed by atoms with Crippen LogP contribution >= 0.6 is 11.3 Å². The summed E-state index contributed by atoms with van der Waals surface area (Å²) in [6, 6.07) is 3.07. The summed E-state index contributed by atoms with van der Waals surface area (Å²) in [7, 11) is 0. The Labute approximate surface area is 163 Å². The number of hydrogen-bond acceptors (Lipinski definition) is 6. The summed E-state index contributed by atoms with van der Waals surface area (Å²) >= 11 is 1.50. The number of nitrogens with one attached hydrogen (secondary N) is 1. The Morgan fingerprint density at radius 1 is 1.39 bits per heavy atom. The molecule has 28 heavy (non-hydrogen) atoms. The van der Waals surface area contributed by atoms with Gasteiger partial charge in [0.2, 0.25) is 0 Å². The van der Waals surface area contributed by atoms with Gasteiger partial charge < -0.3 is 10.6 Å². The van der Waals surface area contributed by atoms with Gasteiger partial charge in [0.15, 0.2) is 5.82 Å². The third-order valence-electron chi connectivity index (χ3n) is 4.26. The Morgan fingerprint density at radius 3 is 2.89 bits per heavy atom. The number of halogens is 2. The molecule has 4 rings (SSSR count). The number of aryl methyl sites for hydroxylation is 1. The summed E-state index contributed by atoms with van der Waals surface area (Å²) in [6.07, 6.45) is 0.804. The zero-order chi connectivity index (χ0) is 19.8. The van der Waals surface area contributed by atoms with Crippen molar-refractivity contribution >= 4 is 28.9 Å². The third kappa shape index (κ3) is 3.65. The molecule has 2 amide bonds. The van der Waals surface area contributed by atoms with Crippen LogP contribution in [0.3, 0.4) is 0 Å². The van der Waals surface area contributed by atoms with Crippen LogP contribution in [0.1, 0.15) is 16.3 Å². The van der Waals surface area contributed by atoms with Gasteiger partial charge in [0.25, 0.3) is 6.43 Å². The van der Waals surface area contributed by atoms with Crippen LogP contribution in [-0.4, -0.2) is 37.1 Å². The Bertz CT molecular complexity index is 1010. The summed E-state index contributed by atoms with van der Waals surface area (Å²) in [5, 5.41) is 7.75. The van der Waals surface area contributed by atoms with E-state index in [2.05, 4.69) is 20.4 Å². The Balaban J connectivity index is 1.46. The molecule has 1 aliphatic heterocycles. The predicted octanol–water partition coefficient (Wildman–Crippen LogP) is 3.11. The van der Waals surface area contributed by atoms with Crippen molar-refractivity contribution in [3.63, 3.8) is 0 Å². The number of pyridine rings is 1. The average Bonchev–Trinajstić information content (AvgIpc) is 3.31. The van der Waals surface area contributed by atoms with Gasteiger partial charge in [-0.25, -0.2) is 23.5 Å². The van der Waals surface area contributed by atoms with Crippen LogP contribution in [0.25, 0.3) is 10.6 Å². The van der Waals surface area contributed by atoms with Crippen molar-refractivity contribution < 1.29 is 13.6 Å². The Morgan fingerprint density at radius 2 is 2.21 bits per heavy atom. The molecule has 0 saturated carbocycles. The predicted molar refractivity (Wildman–Crippen MR) is 101 cm³/mol. The number of amides is 2. The van der Waals surface area contributed by atoms with Crippen LogP contribution in [0.4, 0.5) is 25.1 Å². The van der Waals surface area contributed by atoms with Crippen molar-refractivity contribution in [2.24, 2.45) is 0 Å². The molecule has 0 saturated heterocycles. The number of hydrogen-bond donors (Lipinski definition) is 2. The Hall–Kier alpha value is -3.08. The first-order valence-corrected chi connectivity index (χ1v) is 9.29. The minimum Gasteiger partial charge on any atom is -0.396 e. The van der Waals surface area contributed by atoms with Crippen molar-refractivity contribution in [1.82, 2.24) is 24.6 Å². The Kier molecular flexibility index (Phi) is 4.67. The van der Waals surface area contributed by atoms with E-state index in [9.17, 15) is 13.6 Å². The number of carbonyl (C=O) groups is 1. The van der Waals surface area contributed by atoms with Gasteiger partial charge in [-0.05, 0) is 19.1 Å². The lowest BCUT2D eigenvalue weighted by Crippen LogP contribution is -2.31. The number of thiazole rings is 1. The molecule has 0 bridgehead atoms. The van der Waals surface area contributed by atoms with Gasteiger partial charge >= 0.3 is 6.03 Å². The summed E-state index contributed by atoms with van der Waals surface area (Å²) in [6.45, 7) is 1.98. The lowest BCUT2D eigenvalue weighted by atomic mass is 10.3. The molecule has 3 N–H and O–H groups in total. The van der Waals surface area contributed by atoms with Crippen LogP contribution in [0.5, 0.6) is 0 Å². The van der Waals surface area contributed by atoms with Crippen LogP contribution in [-0.2, 0) is 19.6 Å². The molecule has 0 radical (unpaired) electrons. The summed E-state index contributed by atoms with van der Waals surface area (Å²) in [5.74, 6) is 0.265. The number of nitrogens with two attached hydrogens (primary N) is 1. The number of urea groups is 1. The molecule has 3 aromatic heterocycles. The normalized spacial score (nSPS) is 13.2. The quantitative estimate of drug-likeness (QED) is 0.694. The molecule has 0 spiro atoms. The molecule has 0 atom stereocenters. The first-order chi connectivity index (χ1) is 13.4. The second-order valence-corrected chi connectivity index (χ2v) is 7.61. The molecule has 4 heterocycles. The number of rotatable bonds is 4. The largest absolute Gasteiger partial charge is 0.396 e. The molecule has 0 aliphatic carbocycles. The van der Waals surface area contributed by atoms with E-state index in [0.717, 1.165) is 15.4 Å². The molecule has 11 heteroatoms. The van der Waals surface area contributed by atoms with Gasteiger partial charge in [-0.15, -0.1) is 11.3 Å². The van der Waals surface area contributed by atoms with E-state index in [0.29, 0.717) is 17.1 Å². The third-order valence-corrected chi connectivity index (χ3v) is 5.20. The van der Waals surface area contributed by atoms with E-state index >= 15 is 0 Å². The highest BCUT2D eigenvalue weighted by molar-refractivity contribution is 7.15. The number of aromatic nitrogens is 4. The van der Waals surface area contributed by atoms with Crippen LogP contribution < -0.4 is 11.1 Å². The fraction of sp³-hybridized carbons (Fsp3) is 0.294. The molecular weight excluding hydrogens is 388 g/mol. The number of carbonyl (C=O) groups excluding carboxylic acids is 1. The minimum atomic E-state index is -2.47. The molecule has 0 unspecified atom stereocenters. The molecule has 1 aliphatic rings. The fourth-order valence-corrected chi connectivity index (χ4v) is 3.70. The molecule has 146 valence electrons. The van der Waals surface area contributed by atoms with Crippen molar-refractivity contribution in [3.8, 4) is 10.6 Å². The number of fused-ring (bicyclic) bond motifs is 1. The highest BCUT2D eigenvalue weighted by atomic mass is 32.1. The second-order valence-electron chi connectivity index (χ2n) is 6.38. The number of alkyl halides is 2. The zero-order valence-corrected chi connectivity index (χ0v) is 15.7.